The monoisotopic (exact) mass is 292 g/mol. The zero-order valence-corrected chi connectivity index (χ0v) is 12.6. The van der Waals surface area contributed by atoms with E-state index in [0.717, 1.165) is 22.1 Å². The van der Waals surface area contributed by atoms with Crippen LogP contribution in [-0.2, 0) is 0 Å². The highest BCUT2D eigenvalue weighted by molar-refractivity contribution is 7.21. The van der Waals surface area contributed by atoms with Crippen molar-refractivity contribution >= 4 is 33.0 Å². The van der Waals surface area contributed by atoms with Gasteiger partial charge in [-0.05, 0) is 38.3 Å². The molecule has 5 heteroatoms. The molecular formula is C15H20N2O2S. The van der Waals surface area contributed by atoms with Crippen LogP contribution in [0.3, 0.4) is 0 Å². The summed E-state index contributed by atoms with van der Waals surface area (Å²) in [4.78, 5) is 12.8. The van der Waals surface area contributed by atoms with Gasteiger partial charge in [-0.3, -0.25) is 4.79 Å². The minimum atomic E-state index is -0.133. The maximum Gasteiger partial charge on any atom is 0.263 e. The first-order chi connectivity index (χ1) is 9.52. The maximum absolute atomic E-state index is 12.3. The van der Waals surface area contributed by atoms with Gasteiger partial charge in [-0.15, -0.1) is 11.3 Å². The van der Waals surface area contributed by atoms with E-state index in [1.165, 1.54) is 11.3 Å². The Morgan fingerprint density at radius 1 is 1.50 bits per heavy atom. The van der Waals surface area contributed by atoms with Crippen molar-refractivity contribution in [2.45, 2.75) is 32.7 Å². The first-order valence-electron chi connectivity index (χ1n) is 6.73. The minimum Gasteiger partial charge on any atom is -0.397 e. The Kier molecular flexibility index (Phi) is 4.62. The van der Waals surface area contributed by atoms with Gasteiger partial charge in [0, 0.05) is 22.7 Å². The lowest BCUT2D eigenvalue weighted by atomic mass is 10.1. The van der Waals surface area contributed by atoms with E-state index in [1.54, 1.807) is 0 Å². The molecule has 108 valence electrons. The Morgan fingerprint density at radius 2 is 2.25 bits per heavy atom. The highest BCUT2D eigenvalue weighted by atomic mass is 32.1. The summed E-state index contributed by atoms with van der Waals surface area (Å²) in [6.45, 7) is 4.10. The van der Waals surface area contributed by atoms with Crippen molar-refractivity contribution in [2.24, 2.45) is 0 Å². The van der Waals surface area contributed by atoms with Gasteiger partial charge in [0.1, 0.15) is 4.88 Å². The van der Waals surface area contributed by atoms with E-state index in [-0.39, 0.29) is 18.6 Å². The molecule has 2 rings (SSSR count). The highest BCUT2D eigenvalue weighted by Crippen LogP contribution is 2.34. The molecule has 20 heavy (non-hydrogen) atoms. The van der Waals surface area contributed by atoms with E-state index < -0.39 is 0 Å². The number of amides is 1. The number of nitrogens with one attached hydrogen (secondary N) is 1. The Labute approximate surface area is 122 Å². The average molecular weight is 292 g/mol. The third-order valence-corrected chi connectivity index (χ3v) is 4.43. The van der Waals surface area contributed by atoms with Gasteiger partial charge in [-0.25, -0.2) is 0 Å². The normalized spacial score (nSPS) is 12.6. The number of carbonyl (C=O) groups is 1. The summed E-state index contributed by atoms with van der Waals surface area (Å²) in [5, 5.41) is 12.7. The summed E-state index contributed by atoms with van der Waals surface area (Å²) in [5.41, 5.74) is 7.78. The molecule has 2 aromatic rings. The number of anilines is 1. The van der Waals surface area contributed by atoms with E-state index in [1.807, 2.05) is 32.0 Å². The molecule has 0 bridgehead atoms. The van der Waals surface area contributed by atoms with Gasteiger partial charge < -0.3 is 16.2 Å². The Hall–Kier alpha value is -1.59. The molecule has 1 heterocycles. The molecule has 0 spiro atoms. The van der Waals surface area contributed by atoms with Crippen LogP contribution < -0.4 is 11.1 Å². The zero-order chi connectivity index (χ0) is 14.7. The molecule has 1 aromatic carbocycles. The number of aliphatic hydroxyl groups is 1. The van der Waals surface area contributed by atoms with Crippen LogP contribution in [0, 0.1) is 6.92 Å². The summed E-state index contributed by atoms with van der Waals surface area (Å²) in [7, 11) is 0. The lowest BCUT2D eigenvalue weighted by molar-refractivity contribution is 0.0941. The van der Waals surface area contributed by atoms with Gasteiger partial charge >= 0.3 is 0 Å². The number of hydrogen-bond acceptors (Lipinski definition) is 4. The fourth-order valence-corrected chi connectivity index (χ4v) is 3.28. The summed E-state index contributed by atoms with van der Waals surface area (Å²) in [5.74, 6) is -0.133. The number of nitrogens with two attached hydrogens (primary N) is 1. The van der Waals surface area contributed by atoms with Crippen LogP contribution in [0.1, 0.15) is 35.0 Å². The number of aliphatic hydroxyl groups excluding tert-OH is 1. The van der Waals surface area contributed by atoms with E-state index >= 15 is 0 Å². The molecule has 1 atom stereocenters. The third-order valence-electron chi connectivity index (χ3n) is 3.26. The second-order valence-corrected chi connectivity index (χ2v) is 6.14. The van der Waals surface area contributed by atoms with E-state index in [9.17, 15) is 4.79 Å². The van der Waals surface area contributed by atoms with Gasteiger partial charge in [0.15, 0.2) is 0 Å². The molecule has 1 aromatic heterocycles. The smallest absolute Gasteiger partial charge is 0.263 e. The molecule has 0 aliphatic rings. The number of nitrogen functional groups attached to an aromatic ring is 1. The molecule has 0 saturated heterocycles. The van der Waals surface area contributed by atoms with Crippen LogP contribution in [0.5, 0.6) is 0 Å². The number of hydrogen-bond donors (Lipinski definition) is 3. The SMILES string of the molecule is Cc1ccc2c(N)c(C(=O)NC(C)CCCO)sc2c1. The summed E-state index contributed by atoms with van der Waals surface area (Å²) in [6.07, 6.45) is 1.44. The highest BCUT2D eigenvalue weighted by Gasteiger charge is 2.17. The van der Waals surface area contributed by atoms with Gasteiger partial charge in [0.25, 0.3) is 5.91 Å². The summed E-state index contributed by atoms with van der Waals surface area (Å²) >= 11 is 1.43. The third kappa shape index (κ3) is 3.11. The van der Waals surface area contributed by atoms with Crippen LogP contribution in [0.2, 0.25) is 0 Å². The predicted molar refractivity (Wildman–Crippen MR) is 84.2 cm³/mol. The van der Waals surface area contributed by atoms with Gasteiger partial charge in [-0.1, -0.05) is 12.1 Å². The largest absolute Gasteiger partial charge is 0.397 e. The van der Waals surface area contributed by atoms with Crippen LogP contribution in [0.25, 0.3) is 10.1 Å². The lowest BCUT2D eigenvalue weighted by Gasteiger charge is -2.12. The van der Waals surface area contributed by atoms with Crippen molar-refractivity contribution in [3.05, 3.63) is 28.6 Å². The molecular weight excluding hydrogens is 272 g/mol. The standard InChI is InChI=1S/C15H20N2O2S/c1-9-5-6-11-12(8-9)20-14(13(11)16)15(19)17-10(2)4-3-7-18/h5-6,8,10,18H,3-4,7,16H2,1-2H3,(H,17,19). The second-order valence-electron chi connectivity index (χ2n) is 5.08. The van der Waals surface area contributed by atoms with Crippen molar-refractivity contribution in [2.75, 3.05) is 12.3 Å². The number of benzene rings is 1. The van der Waals surface area contributed by atoms with Crippen LogP contribution in [0.4, 0.5) is 5.69 Å². The second kappa shape index (κ2) is 6.24. The molecule has 0 aliphatic carbocycles. The van der Waals surface area contributed by atoms with Crippen molar-refractivity contribution in [3.8, 4) is 0 Å². The van der Waals surface area contributed by atoms with Crippen molar-refractivity contribution < 1.29 is 9.90 Å². The topological polar surface area (TPSA) is 75.4 Å². The Bertz CT molecular complexity index is 622. The Morgan fingerprint density at radius 3 is 2.95 bits per heavy atom. The van der Waals surface area contributed by atoms with Crippen LogP contribution in [-0.4, -0.2) is 23.7 Å². The molecule has 0 radical (unpaired) electrons. The minimum absolute atomic E-state index is 0.0287. The van der Waals surface area contributed by atoms with Crippen molar-refractivity contribution in [1.29, 1.82) is 0 Å². The summed E-state index contributed by atoms with van der Waals surface area (Å²) < 4.78 is 1.04. The fourth-order valence-electron chi connectivity index (χ4n) is 2.15. The Balaban J connectivity index is 2.20. The maximum atomic E-state index is 12.3. The first-order valence-corrected chi connectivity index (χ1v) is 7.55. The van der Waals surface area contributed by atoms with E-state index in [2.05, 4.69) is 5.32 Å². The molecule has 1 unspecified atom stereocenters. The van der Waals surface area contributed by atoms with E-state index in [0.29, 0.717) is 17.0 Å². The number of aryl methyl sites for hydroxylation is 1. The van der Waals surface area contributed by atoms with Crippen molar-refractivity contribution in [1.82, 2.24) is 5.32 Å². The molecule has 4 nitrogen and oxygen atoms in total. The van der Waals surface area contributed by atoms with Crippen LogP contribution in [0.15, 0.2) is 18.2 Å². The molecule has 0 saturated carbocycles. The van der Waals surface area contributed by atoms with Gasteiger partial charge in [0.05, 0.1) is 5.69 Å². The molecule has 4 N–H and O–H groups in total. The summed E-state index contributed by atoms with van der Waals surface area (Å²) in [6, 6.07) is 6.03. The number of rotatable bonds is 5. The van der Waals surface area contributed by atoms with Gasteiger partial charge in [0.2, 0.25) is 0 Å². The van der Waals surface area contributed by atoms with Crippen LogP contribution >= 0.6 is 11.3 Å². The fraction of sp³-hybridized carbons (Fsp3) is 0.400. The number of carbonyl (C=O) groups excluding carboxylic acids is 1. The molecule has 0 aliphatic heterocycles. The molecule has 0 fully saturated rings. The van der Waals surface area contributed by atoms with Gasteiger partial charge in [-0.2, -0.15) is 0 Å². The average Bonchev–Trinajstić information content (AvgIpc) is 2.73. The first kappa shape index (κ1) is 14.8. The van der Waals surface area contributed by atoms with E-state index in [4.69, 9.17) is 10.8 Å². The predicted octanol–water partition coefficient (Wildman–Crippen LogP) is 2.68. The number of fused-ring (bicyclic) bond motifs is 1. The number of thiophene rings is 1. The quantitative estimate of drug-likeness (QED) is 0.793. The molecule has 1 amide bonds. The zero-order valence-electron chi connectivity index (χ0n) is 11.8. The van der Waals surface area contributed by atoms with Crippen molar-refractivity contribution in [3.63, 3.8) is 0 Å². The lowest BCUT2D eigenvalue weighted by Crippen LogP contribution is -2.32.